The standard InChI is InChI=1S/C19H29N3OS/c1-21(19(24)20-14-18-6-5-13-23-18)15-16-7-9-17(10-8-16)22-11-3-2-4-12-22/h7-10,18H,2-6,11-15H2,1H3,(H,20,24)/t18-/m0/s1. The molecule has 1 N–H and O–H groups in total. The van der Waals surface area contributed by atoms with Gasteiger partial charge in [-0.3, -0.25) is 0 Å². The van der Waals surface area contributed by atoms with Gasteiger partial charge in [0.1, 0.15) is 0 Å². The lowest BCUT2D eigenvalue weighted by atomic mass is 10.1. The topological polar surface area (TPSA) is 27.7 Å². The maximum atomic E-state index is 5.63. The predicted octanol–water partition coefficient (Wildman–Crippen LogP) is 3.16. The Morgan fingerprint density at radius 2 is 1.96 bits per heavy atom. The van der Waals surface area contributed by atoms with Crippen LogP contribution in [0.1, 0.15) is 37.7 Å². The monoisotopic (exact) mass is 347 g/mol. The average Bonchev–Trinajstić information content (AvgIpc) is 3.14. The predicted molar refractivity (Wildman–Crippen MR) is 104 cm³/mol. The molecule has 2 saturated heterocycles. The molecule has 2 aliphatic heterocycles. The van der Waals surface area contributed by atoms with E-state index in [0.29, 0.717) is 6.10 Å². The number of ether oxygens (including phenoxy) is 1. The van der Waals surface area contributed by atoms with Gasteiger partial charge in [-0.25, -0.2) is 0 Å². The number of rotatable bonds is 5. The number of benzene rings is 1. The average molecular weight is 348 g/mol. The summed E-state index contributed by atoms with van der Waals surface area (Å²) in [6.07, 6.45) is 6.62. The zero-order valence-electron chi connectivity index (χ0n) is 14.7. The number of nitrogens with zero attached hydrogens (tertiary/aromatic N) is 2. The maximum absolute atomic E-state index is 5.63. The molecule has 0 unspecified atom stereocenters. The molecule has 24 heavy (non-hydrogen) atoms. The van der Waals surface area contributed by atoms with Crippen molar-refractivity contribution in [2.75, 3.05) is 38.2 Å². The molecule has 0 saturated carbocycles. The van der Waals surface area contributed by atoms with Crippen molar-refractivity contribution in [1.29, 1.82) is 0 Å². The van der Waals surface area contributed by atoms with Gasteiger partial charge < -0.3 is 19.9 Å². The Bertz CT molecular complexity index is 522. The molecular weight excluding hydrogens is 318 g/mol. The van der Waals surface area contributed by atoms with E-state index >= 15 is 0 Å². The normalized spacial score (nSPS) is 20.9. The minimum absolute atomic E-state index is 0.320. The SMILES string of the molecule is CN(Cc1ccc(N2CCCCC2)cc1)C(=S)NC[C@@H]1CCCO1. The van der Waals surface area contributed by atoms with Crippen molar-refractivity contribution >= 4 is 23.0 Å². The third kappa shape index (κ3) is 4.84. The Labute approximate surface area is 151 Å². The Balaban J connectivity index is 1.46. The first kappa shape index (κ1) is 17.5. The summed E-state index contributed by atoms with van der Waals surface area (Å²) in [5, 5.41) is 4.13. The van der Waals surface area contributed by atoms with E-state index in [1.807, 2.05) is 7.05 Å². The molecule has 5 heteroatoms. The molecule has 0 aromatic heterocycles. The zero-order valence-corrected chi connectivity index (χ0v) is 15.5. The summed E-state index contributed by atoms with van der Waals surface area (Å²) in [7, 11) is 2.05. The van der Waals surface area contributed by atoms with E-state index in [1.54, 1.807) is 0 Å². The molecule has 1 atom stereocenters. The minimum atomic E-state index is 0.320. The van der Waals surface area contributed by atoms with Crippen LogP contribution in [0.5, 0.6) is 0 Å². The molecule has 3 rings (SSSR count). The summed E-state index contributed by atoms with van der Waals surface area (Å²) in [4.78, 5) is 4.59. The molecule has 0 bridgehead atoms. The second-order valence-corrected chi connectivity index (χ2v) is 7.28. The van der Waals surface area contributed by atoms with Crippen molar-refractivity contribution in [3.63, 3.8) is 0 Å². The fraction of sp³-hybridized carbons (Fsp3) is 0.632. The van der Waals surface area contributed by atoms with Crippen LogP contribution in [0.25, 0.3) is 0 Å². The largest absolute Gasteiger partial charge is 0.376 e. The minimum Gasteiger partial charge on any atom is -0.376 e. The van der Waals surface area contributed by atoms with Gasteiger partial charge in [0.15, 0.2) is 5.11 Å². The van der Waals surface area contributed by atoms with Crippen molar-refractivity contribution in [2.45, 2.75) is 44.8 Å². The first-order valence-corrected chi connectivity index (χ1v) is 9.57. The molecule has 1 aromatic carbocycles. The van der Waals surface area contributed by atoms with E-state index in [-0.39, 0.29) is 0 Å². The van der Waals surface area contributed by atoms with Crippen molar-refractivity contribution in [1.82, 2.24) is 10.2 Å². The van der Waals surface area contributed by atoms with Crippen LogP contribution in [0, 0.1) is 0 Å². The van der Waals surface area contributed by atoms with Crippen molar-refractivity contribution < 1.29 is 4.74 Å². The third-order valence-electron chi connectivity index (χ3n) is 4.93. The van der Waals surface area contributed by atoms with Gasteiger partial charge in [0, 0.05) is 45.5 Å². The van der Waals surface area contributed by atoms with E-state index in [9.17, 15) is 0 Å². The molecule has 0 spiro atoms. The molecule has 2 fully saturated rings. The molecular formula is C19H29N3OS. The number of hydrogen-bond donors (Lipinski definition) is 1. The van der Waals surface area contributed by atoms with Crippen LogP contribution in [0.2, 0.25) is 0 Å². The van der Waals surface area contributed by atoms with Crippen LogP contribution in [-0.2, 0) is 11.3 Å². The van der Waals surface area contributed by atoms with Gasteiger partial charge in [-0.15, -0.1) is 0 Å². The lowest BCUT2D eigenvalue weighted by Crippen LogP contribution is -2.40. The summed E-state index contributed by atoms with van der Waals surface area (Å²) in [5.41, 5.74) is 2.64. The van der Waals surface area contributed by atoms with Gasteiger partial charge in [-0.05, 0) is 62.0 Å². The Morgan fingerprint density at radius 1 is 1.21 bits per heavy atom. The Hall–Kier alpha value is -1.33. The van der Waals surface area contributed by atoms with Crippen molar-refractivity contribution in [2.24, 2.45) is 0 Å². The second kappa shape index (κ2) is 8.67. The van der Waals surface area contributed by atoms with E-state index < -0.39 is 0 Å². The highest BCUT2D eigenvalue weighted by Gasteiger charge is 2.16. The van der Waals surface area contributed by atoms with Gasteiger partial charge in [0.25, 0.3) is 0 Å². The maximum Gasteiger partial charge on any atom is 0.169 e. The van der Waals surface area contributed by atoms with E-state index in [0.717, 1.165) is 37.7 Å². The highest BCUT2D eigenvalue weighted by molar-refractivity contribution is 7.80. The van der Waals surface area contributed by atoms with Crippen LogP contribution in [-0.4, -0.2) is 49.4 Å². The smallest absolute Gasteiger partial charge is 0.169 e. The first-order valence-electron chi connectivity index (χ1n) is 9.17. The highest BCUT2D eigenvalue weighted by atomic mass is 32.1. The molecule has 0 radical (unpaired) electrons. The van der Waals surface area contributed by atoms with Crippen molar-refractivity contribution in [3.8, 4) is 0 Å². The fourth-order valence-corrected chi connectivity index (χ4v) is 3.60. The van der Waals surface area contributed by atoms with Gasteiger partial charge in [-0.1, -0.05) is 12.1 Å². The molecule has 2 heterocycles. The Kier molecular flexibility index (Phi) is 6.32. The summed E-state index contributed by atoms with van der Waals surface area (Å²) in [6.45, 7) is 4.92. The van der Waals surface area contributed by atoms with Gasteiger partial charge >= 0.3 is 0 Å². The van der Waals surface area contributed by atoms with Gasteiger partial charge in [0.05, 0.1) is 6.10 Å². The third-order valence-corrected chi connectivity index (χ3v) is 5.38. The number of anilines is 1. The van der Waals surface area contributed by atoms with Crippen LogP contribution < -0.4 is 10.2 Å². The quantitative estimate of drug-likeness (QED) is 0.826. The van der Waals surface area contributed by atoms with Gasteiger partial charge in [-0.2, -0.15) is 0 Å². The summed E-state index contributed by atoms with van der Waals surface area (Å²) >= 11 is 5.49. The molecule has 4 nitrogen and oxygen atoms in total. The lowest BCUT2D eigenvalue weighted by molar-refractivity contribution is 0.113. The van der Waals surface area contributed by atoms with Crippen molar-refractivity contribution in [3.05, 3.63) is 29.8 Å². The van der Waals surface area contributed by atoms with Crippen LogP contribution in [0.4, 0.5) is 5.69 Å². The first-order chi connectivity index (χ1) is 11.7. The summed E-state index contributed by atoms with van der Waals surface area (Å²) in [5.74, 6) is 0. The second-order valence-electron chi connectivity index (χ2n) is 6.89. The number of thiocarbonyl (C=S) groups is 1. The lowest BCUT2D eigenvalue weighted by Gasteiger charge is -2.29. The molecule has 132 valence electrons. The van der Waals surface area contributed by atoms with E-state index in [4.69, 9.17) is 17.0 Å². The fourth-order valence-electron chi connectivity index (χ4n) is 3.45. The van der Waals surface area contributed by atoms with Crippen LogP contribution >= 0.6 is 12.2 Å². The summed E-state index contributed by atoms with van der Waals surface area (Å²) < 4.78 is 5.63. The van der Waals surface area contributed by atoms with Crippen LogP contribution in [0.3, 0.4) is 0 Å². The zero-order chi connectivity index (χ0) is 16.8. The summed E-state index contributed by atoms with van der Waals surface area (Å²) in [6, 6.07) is 8.95. The number of piperidine rings is 1. The number of hydrogen-bond acceptors (Lipinski definition) is 3. The molecule has 1 aromatic rings. The highest BCUT2D eigenvalue weighted by Crippen LogP contribution is 2.20. The molecule has 2 aliphatic rings. The van der Waals surface area contributed by atoms with Crippen LogP contribution in [0.15, 0.2) is 24.3 Å². The van der Waals surface area contributed by atoms with Gasteiger partial charge in [0.2, 0.25) is 0 Å². The number of nitrogens with one attached hydrogen (secondary N) is 1. The molecule has 0 aliphatic carbocycles. The van der Waals surface area contributed by atoms with E-state index in [1.165, 1.54) is 43.6 Å². The van der Waals surface area contributed by atoms with E-state index in [2.05, 4.69) is 39.4 Å². The Morgan fingerprint density at radius 3 is 2.62 bits per heavy atom. The molecule has 0 amide bonds.